The number of hydrogen-bond acceptors (Lipinski definition) is 14. The first-order valence-electron chi connectivity index (χ1n) is 9.20. The summed E-state index contributed by atoms with van der Waals surface area (Å²) in [6.07, 6.45) is -10.0. The van der Waals surface area contributed by atoms with Crippen LogP contribution in [0.15, 0.2) is 6.33 Å². The molecular weight excluding hydrogens is 710 g/mol. The van der Waals surface area contributed by atoms with Gasteiger partial charge in [0.2, 0.25) is 0 Å². The molecule has 1 aliphatic rings. The van der Waals surface area contributed by atoms with Crippen LogP contribution in [0.25, 0.3) is 0 Å². The maximum atomic E-state index is 12.4. The Kier molecular flexibility index (Phi) is 11.5. The summed E-state index contributed by atoms with van der Waals surface area (Å²) in [5.41, 5.74) is 4.81. The van der Waals surface area contributed by atoms with E-state index in [1.807, 2.05) is 0 Å². The van der Waals surface area contributed by atoms with Crippen LogP contribution in [0.1, 0.15) is 27.2 Å². The number of carbonyl (C=O) groups excluding carboxylic acids is 3. The van der Waals surface area contributed by atoms with E-state index in [1.165, 1.54) is 5.32 Å². The maximum absolute atomic E-state index is 12.4. The number of nitrogen functional groups attached to an aromatic ring is 1. The summed E-state index contributed by atoms with van der Waals surface area (Å²) >= 11 is 0. The molecule has 16 nitrogen and oxygen atoms in total. The topological polar surface area (TPSA) is 275 Å². The Labute approximate surface area is 264 Å². The number of carboxylic acids is 2. The van der Waals surface area contributed by atoms with Crippen LogP contribution in [0, 0.1) is 0 Å². The largest absolute Gasteiger partial charge is 2.00 e. The molecule has 1 saturated heterocycles. The van der Waals surface area contributed by atoms with Gasteiger partial charge in [0, 0.05) is 15.1 Å². The van der Waals surface area contributed by atoms with Crippen molar-refractivity contribution >= 4 is 129 Å². The number of carboxylic acid groups (broad SMARTS) is 2. The minimum absolute atomic E-state index is 0. The van der Waals surface area contributed by atoms with Crippen LogP contribution in [0.4, 0.5) is 5.82 Å². The third-order valence-corrected chi connectivity index (χ3v) is 4.19. The van der Waals surface area contributed by atoms with Crippen molar-refractivity contribution in [2.75, 3.05) is 12.3 Å². The average Bonchev–Trinajstić information content (AvgIpc) is 3.19. The molecule has 1 aromatic heterocycles. The van der Waals surface area contributed by atoms with Crippen molar-refractivity contribution in [3.63, 3.8) is 0 Å². The second-order valence-electron chi connectivity index (χ2n) is 5.70. The number of amides is 1. The van der Waals surface area contributed by atoms with Crippen molar-refractivity contribution in [3.8, 4) is 0 Å². The predicted molar refractivity (Wildman–Crippen MR) is 93.5 cm³/mol. The van der Waals surface area contributed by atoms with Gasteiger partial charge in [-0.1, -0.05) is 0 Å². The van der Waals surface area contributed by atoms with E-state index >= 15 is 0 Å². The van der Waals surface area contributed by atoms with Gasteiger partial charge in [-0.25, -0.2) is 4.98 Å². The molecule has 1 aromatic rings. The van der Waals surface area contributed by atoms with Crippen molar-refractivity contribution in [2.24, 2.45) is 0 Å². The van der Waals surface area contributed by atoms with Gasteiger partial charge in [0.1, 0.15) is 24.1 Å². The molecule has 5 atom stereocenters. The third-order valence-electron chi connectivity index (χ3n) is 3.73. The van der Waals surface area contributed by atoms with Crippen LogP contribution in [0.3, 0.4) is 0 Å². The van der Waals surface area contributed by atoms with Gasteiger partial charge in [-0.05, 0) is 0 Å². The molecule has 0 aromatic carbocycles. The number of anilines is 1. The molecule has 0 saturated carbocycles. The summed E-state index contributed by atoms with van der Waals surface area (Å²) in [7, 11) is -5.44. The molecule has 5 N–H and O–H groups in total. The number of phosphoric ester groups is 1. The fraction of sp³-hybridized carbons (Fsp3) is 0.538. The van der Waals surface area contributed by atoms with Gasteiger partial charge in [-0.15, -0.1) is 0 Å². The van der Waals surface area contributed by atoms with Gasteiger partial charge in [0.25, 0.3) is 5.91 Å². The van der Waals surface area contributed by atoms with E-state index in [1.54, 1.807) is 0 Å². The molecule has 0 aliphatic carbocycles. The number of aliphatic hydroxyl groups excluding tert-OH is 2. The molecule has 19 heteroatoms. The molecule has 2 rings (SSSR count). The van der Waals surface area contributed by atoms with Gasteiger partial charge in [0.15, 0.2) is 11.9 Å². The smallest absolute Gasteiger partial charge is 0.790 e. The van der Waals surface area contributed by atoms with Crippen LogP contribution in [-0.2, 0) is 23.4 Å². The van der Waals surface area contributed by atoms with Gasteiger partial charge in [-0.3, -0.25) is 9.36 Å². The molecule has 0 spiro atoms. The summed E-state index contributed by atoms with van der Waals surface area (Å²) in [5, 5.41) is 43.5. The minimum atomic E-state index is -5.44. The summed E-state index contributed by atoms with van der Waals surface area (Å²) in [6.45, 7) is -0.980. The SMILES string of the molecule is [2H]C([2H])(C(=O)[O-])[C@]([2H])(NC(=O)c1ncn([C@@H]2O[C@H](COP(=O)([O-])[O-])[C@@H](O)[C@H]2O)c1N)C(=O)[O-].[Ba+2].[Ba+2]. The van der Waals surface area contributed by atoms with Gasteiger partial charge < -0.3 is 64.7 Å². The molecule has 1 fully saturated rings. The molecular formula is C13H15Ba2N4O12P. The Bertz CT molecular complexity index is 1010. The van der Waals surface area contributed by atoms with Crippen molar-refractivity contribution in [1.82, 2.24) is 14.9 Å². The predicted octanol–water partition coefficient (Wildman–Crippen LogP) is -7.84. The summed E-state index contributed by atoms with van der Waals surface area (Å²) in [5.74, 6) is -7.64. The zero-order chi connectivity index (χ0) is 25.5. The Hall–Kier alpha value is 0.553. The van der Waals surface area contributed by atoms with Crippen LogP contribution in [-0.4, -0.2) is 166 Å². The van der Waals surface area contributed by atoms with Crippen molar-refractivity contribution in [1.29, 1.82) is 0 Å². The Morgan fingerprint density at radius 1 is 1.38 bits per heavy atom. The van der Waals surface area contributed by atoms with E-state index in [4.69, 9.17) is 14.6 Å². The number of imidazole rings is 1. The molecule has 0 radical (unpaired) electrons. The van der Waals surface area contributed by atoms with Crippen LogP contribution < -0.4 is 31.1 Å². The molecule has 1 aliphatic heterocycles. The first-order chi connectivity index (χ1) is 14.9. The quantitative estimate of drug-likeness (QED) is 0.136. The Morgan fingerprint density at radius 2 is 1.97 bits per heavy atom. The minimum Gasteiger partial charge on any atom is -0.790 e. The van der Waals surface area contributed by atoms with E-state index in [0.717, 1.165) is 10.9 Å². The number of nitrogens with one attached hydrogen (secondary N) is 1. The van der Waals surface area contributed by atoms with Crippen molar-refractivity contribution in [2.45, 2.75) is 36.9 Å². The van der Waals surface area contributed by atoms with Crippen LogP contribution in [0.2, 0.25) is 0 Å². The molecule has 0 bridgehead atoms. The monoisotopic (exact) mass is 729 g/mol. The first-order valence-corrected chi connectivity index (χ1v) is 9.16. The van der Waals surface area contributed by atoms with E-state index in [-0.39, 0.29) is 97.8 Å². The van der Waals surface area contributed by atoms with Gasteiger partial charge >= 0.3 is 97.8 Å². The molecule has 168 valence electrons. The average molecular weight is 728 g/mol. The van der Waals surface area contributed by atoms with Gasteiger partial charge in [-0.2, -0.15) is 0 Å². The number of carbonyl (C=O) groups is 3. The number of hydrogen-bond donors (Lipinski definition) is 4. The van der Waals surface area contributed by atoms with Crippen LogP contribution >= 0.6 is 7.82 Å². The zero-order valence-electron chi connectivity index (χ0n) is 18.9. The molecule has 0 unspecified atom stereocenters. The Balaban J connectivity index is 0.00000578. The zero-order valence-corrected chi connectivity index (χ0v) is 25.7. The number of phosphoric acid groups is 1. The summed E-state index contributed by atoms with van der Waals surface area (Å²) < 4.78 is 42.5. The first kappa shape index (κ1) is 27.1. The van der Waals surface area contributed by atoms with Crippen molar-refractivity contribution in [3.05, 3.63) is 12.0 Å². The van der Waals surface area contributed by atoms with E-state index in [9.17, 15) is 49.2 Å². The molecule has 2 heterocycles. The number of aliphatic hydroxyl groups is 2. The fourth-order valence-electron chi connectivity index (χ4n) is 2.42. The van der Waals surface area contributed by atoms with E-state index in [0.29, 0.717) is 0 Å². The fourth-order valence-corrected chi connectivity index (χ4v) is 2.75. The normalized spacial score (nSPS) is 26.3. The molecule has 32 heavy (non-hydrogen) atoms. The third kappa shape index (κ3) is 8.65. The maximum Gasteiger partial charge on any atom is 2.00 e. The number of nitrogens with two attached hydrogens (primary N) is 1. The number of ether oxygens (including phenoxy) is 1. The number of nitrogens with zero attached hydrogens (tertiary/aromatic N) is 2. The Morgan fingerprint density at radius 3 is 2.47 bits per heavy atom. The van der Waals surface area contributed by atoms with Crippen molar-refractivity contribution < 1.29 is 62.5 Å². The summed E-state index contributed by atoms with van der Waals surface area (Å²) in [4.78, 5) is 59.2. The number of aliphatic carboxylic acids is 2. The summed E-state index contributed by atoms with van der Waals surface area (Å²) in [6, 6.07) is -3.88. The number of aromatic nitrogens is 2. The van der Waals surface area contributed by atoms with Gasteiger partial charge in [0.05, 0.1) is 34.1 Å². The second-order valence-corrected chi connectivity index (χ2v) is 6.86. The number of rotatable bonds is 9. The second kappa shape index (κ2) is 13.6. The van der Waals surface area contributed by atoms with E-state index in [2.05, 4.69) is 9.51 Å². The van der Waals surface area contributed by atoms with Crippen LogP contribution in [0.5, 0.6) is 0 Å². The van der Waals surface area contributed by atoms with E-state index < -0.39 is 80.7 Å². The molecule has 1 amide bonds. The standard InChI is InChI=1S/C13H19N4O12P.2Ba/c14-10-7(11(22)16-4(13(23)24)1-6(18)19)15-3-17(10)12-9(21)8(20)5(29-12)2-28-30(25,26)27;;/h3-5,8-9,12,20-21H,1-2,14H2,(H,16,22)(H,18,19)(H,23,24)(H2,25,26,27);;/q;2*+2/p-4/t4-,5+,8+,9+,12+;;/m0../s1/i1D2,4D;;.